The number of nitrogens with one attached hydrogen (secondary N) is 2. The third-order valence-corrected chi connectivity index (χ3v) is 6.74. The van der Waals surface area contributed by atoms with Gasteiger partial charge in [-0.15, -0.1) is 0 Å². The Balaban J connectivity index is 1.26. The molecule has 5 rings (SSSR count). The zero-order valence-corrected chi connectivity index (χ0v) is 19.2. The molecule has 170 valence electrons. The van der Waals surface area contributed by atoms with Gasteiger partial charge in [-0.25, -0.2) is 0 Å². The van der Waals surface area contributed by atoms with Gasteiger partial charge in [-0.1, -0.05) is 19.1 Å². The summed E-state index contributed by atoms with van der Waals surface area (Å²) in [5.74, 6) is 0.564. The monoisotopic (exact) mass is 441 g/mol. The van der Waals surface area contributed by atoms with Gasteiger partial charge >= 0.3 is 0 Å². The van der Waals surface area contributed by atoms with Gasteiger partial charge in [-0.05, 0) is 42.2 Å². The van der Waals surface area contributed by atoms with E-state index in [-0.39, 0.29) is 0 Å². The number of fused-ring (bicyclic) bond motifs is 1. The molecule has 7 heteroatoms. The summed E-state index contributed by atoms with van der Waals surface area (Å²) in [5.41, 5.74) is 5.76. The molecule has 3 aromatic rings. The van der Waals surface area contributed by atoms with Gasteiger partial charge in [0.2, 0.25) is 0 Å². The maximum absolute atomic E-state index is 9.44. The largest absolute Gasteiger partial charge is 0.369 e. The summed E-state index contributed by atoms with van der Waals surface area (Å²) in [5, 5.41) is 16.6. The van der Waals surface area contributed by atoms with Gasteiger partial charge in [0.05, 0.1) is 11.3 Å². The molecule has 2 N–H and O–H groups in total. The van der Waals surface area contributed by atoms with Crippen molar-refractivity contribution >= 4 is 22.4 Å². The topological polar surface area (TPSA) is 80.1 Å². The van der Waals surface area contributed by atoms with Crippen LogP contribution in [0.15, 0.2) is 48.8 Å². The van der Waals surface area contributed by atoms with E-state index in [1.807, 2.05) is 12.1 Å². The van der Waals surface area contributed by atoms with Gasteiger partial charge in [0.15, 0.2) is 0 Å². The van der Waals surface area contributed by atoms with Crippen molar-refractivity contribution in [2.75, 3.05) is 49.1 Å². The summed E-state index contributed by atoms with van der Waals surface area (Å²) in [6.45, 7) is 9.32. The third kappa shape index (κ3) is 4.77. The smallest absolute Gasteiger partial charge is 0.113 e. The lowest BCUT2D eigenvalue weighted by molar-refractivity contribution is 0.350. The first-order valence-electron chi connectivity index (χ1n) is 11.9. The summed E-state index contributed by atoms with van der Waals surface area (Å²) < 4.78 is 0. The fraction of sp³-hybridized carbons (Fsp3) is 0.423. The van der Waals surface area contributed by atoms with Crippen LogP contribution in [0.1, 0.15) is 24.5 Å². The number of hydrogen-bond acceptors (Lipinski definition) is 7. The molecule has 33 heavy (non-hydrogen) atoms. The quantitative estimate of drug-likeness (QED) is 0.630. The Hall–Kier alpha value is -3.21. The van der Waals surface area contributed by atoms with E-state index in [2.05, 4.69) is 67.7 Å². The molecule has 1 aromatic heterocycles. The number of nitrogens with zero attached hydrogens (tertiary/aromatic N) is 5. The van der Waals surface area contributed by atoms with E-state index in [1.54, 1.807) is 12.4 Å². The first-order chi connectivity index (χ1) is 16.2. The van der Waals surface area contributed by atoms with Crippen LogP contribution in [-0.2, 0) is 6.54 Å². The molecule has 2 unspecified atom stereocenters. The second-order valence-electron chi connectivity index (χ2n) is 9.22. The van der Waals surface area contributed by atoms with Crippen molar-refractivity contribution in [2.45, 2.75) is 25.9 Å². The van der Waals surface area contributed by atoms with Gasteiger partial charge < -0.3 is 20.4 Å². The van der Waals surface area contributed by atoms with Gasteiger partial charge in [-0.2, -0.15) is 5.26 Å². The fourth-order valence-corrected chi connectivity index (χ4v) is 5.09. The highest BCUT2D eigenvalue weighted by Crippen LogP contribution is 2.30. The summed E-state index contributed by atoms with van der Waals surface area (Å²) in [7, 11) is 0. The molecule has 0 amide bonds. The predicted octanol–water partition coefficient (Wildman–Crippen LogP) is 2.92. The summed E-state index contributed by atoms with van der Waals surface area (Å²) in [6, 6.07) is 15.5. The van der Waals surface area contributed by atoms with E-state index < -0.39 is 0 Å². The standard InChI is InChI=1S/C26H31N7/c1-19-14-22(31-16-20-2-5-23(6-3-20)32-12-10-28-11-13-32)18-33(17-19)24-7-4-21(15-27)25-26(24)30-9-8-29-25/h2-9,19,22,28,31H,10-14,16-18H2,1H3. The van der Waals surface area contributed by atoms with Crippen molar-refractivity contribution in [2.24, 2.45) is 5.92 Å². The molecule has 2 aliphatic rings. The van der Waals surface area contributed by atoms with Gasteiger partial charge in [0, 0.05) is 69.9 Å². The number of piperidine rings is 1. The van der Waals surface area contributed by atoms with Crippen molar-refractivity contribution in [1.29, 1.82) is 5.26 Å². The van der Waals surface area contributed by atoms with Crippen LogP contribution in [0, 0.1) is 17.2 Å². The van der Waals surface area contributed by atoms with Crippen LogP contribution >= 0.6 is 0 Å². The molecule has 3 heterocycles. The second-order valence-corrected chi connectivity index (χ2v) is 9.22. The Kier molecular flexibility index (Phi) is 6.38. The Morgan fingerprint density at radius 2 is 1.76 bits per heavy atom. The number of piperazine rings is 1. The SMILES string of the molecule is CC1CC(NCc2ccc(N3CCNCC3)cc2)CN(c2ccc(C#N)c3nccnc23)C1. The number of benzene rings is 2. The molecule has 2 aromatic carbocycles. The van der Waals surface area contributed by atoms with Gasteiger partial charge in [0.25, 0.3) is 0 Å². The molecule has 0 saturated carbocycles. The number of aromatic nitrogens is 2. The van der Waals surface area contributed by atoms with E-state index in [0.29, 0.717) is 23.0 Å². The summed E-state index contributed by atoms with van der Waals surface area (Å²) in [6.07, 6.45) is 4.51. The molecule has 0 radical (unpaired) electrons. The van der Waals surface area contributed by atoms with Crippen LogP contribution in [0.5, 0.6) is 0 Å². The zero-order valence-electron chi connectivity index (χ0n) is 19.2. The Bertz CT molecular complexity index is 1130. The van der Waals surface area contributed by atoms with E-state index >= 15 is 0 Å². The first kappa shape index (κ1) is 21.6. The van der Waals surface area contributed by atoms with Crippen LogP contribution < -0.4 is 20.4 Å². The minimum absolute atomic E-state index is 0.393. The van der Waals surface area contributed by atoms with E-state index in [9.17, 15) is 5.26 Å². The highest BCUT2D eigenvalue weighted by atomic mass is 15.2. The molecular weight excluding hydrogens is 410 g/mol. The lowest BCUT2D eigenvalue weighted by Gasteiger charge is -2.38. The van der Waals surface area contributed by atoms with Crippen molar-refractivity contribution in [3.8, 4) is 6.07 Å². The Labute approximate surface area is 195 Å². The molecule has 0 bridgehead atoms. The zero-order chi connectivity index (χ0) is 22.6. The molecule has 2 aliphatic heterocycles. The van der Waals surface area contributed by atoms with Crippen LogP contribution in [0.25, 0.3) is 11.0 Å². The minimum atomic E-state index is 0.393. The fourth-order valence-electron chi connectivity index (χ4n) is 5.09. The van der Waals surface area contributed by atoms with E-state index in [1.165, 1.54) is 11.3 Å². The highest BCUT2D eigenvalue weighted by molar-refractivity contribution is 5.92. The van der Waals surface area contributed by atoms with Crippen molar-refractivity contribution in [1.82, 2.24) is 20.6 Å². The Morgan fingerprint density at radius 1 is 1.00 bits per heavy atom. The maximum Gasteiger partial charge on any atom is 0.113 e. The van der Waals surface area contributed by atoms with Gasteiger partial charge in [0.1, 0.15) is 17.1 Å². The lowest BCUT2D eigenvalue weighted by atomic mass is 9.94. The predicted molar refractivity (Wildman–Crippen MR) is 132 cm³/mol. The number of nitriles is 1. The maximum atomic E-state index is 9.44. The molecule has 7 nitrogen and oxygen atoms in total. The summed E-state index contributed by atoms with van der Waals surface area (Å²) >= 11 is 0. The molecule has 2 fully saturated rings. The molecule has 0 spiro atoms. The van der Waals surface area contributed by atoms with Gasteiger partial charge in [-0.3, -0.25) is 9.97 Å². The molecule has 2 atom stereocenters. The lowest BCUT2D eigenvalue weighted by Crippen LogP contribution is -2.48. The van der Waals surface area contributed by atoms with E-state index in [0.717, 1.165) is 63.4 Å². The second kappa shape index (κ2) is 9.74. The van der Waals surface area contributed by atoms with Crippen LogP contribution in [0.2, 0.25) is 0 Å². The third-order valence-electron chi connectivity index (χ3n) is 6.74. The first-order valence-corrected chi connectivity index (χ1v) is 11.9. The van der Waals surface area contributed by atoms with Crippen LogP contribution in [-0.4, -0.2) is 55.3 Å². The van der Waals surface area contributed by atoms with Crippen LogP contribution in [0.3, 0.4) is 0 Å². The van der Waals surface area contributed by atoms with Crippen molar-refractivity contribution in [3.63, 3.8) is 0 Å². The highest BCUT2D eigenvalue weighted by Gasteiger charge is 2.26. The average molecular weight is 442 g/mol. The molecule has 2 saturated heterocycles. The van der Waals surface area contributed by atoms with Crippen molar-refractivity contribution < 1.29 is 0 Å². The number of rotatable bonds is 5. The van der Waals surface area contributed by atoms with Crippen LogP contribution in [0.4, 0.5) is 11.4 Å². The minimum Gasteiger partial charge on any atom is -0.369 e. The Morgan fingerprint density at radius 3 is 2.52 bits per heavy atom. The normalized spacial score (nSPS) is 21.2. The van der Waals surface area contributed by atoms with Crippen molar-refractivity contribution in [3.05, 3.63) is 59.9 Å². The van der Waals surface area contributed by atoms with E-state index in [4.69, 9.17) is 0 Å². The average Bonchev–Trinajstić information content (AvgIpc) is 2.87. The molecule has 0 aliphatic carbocycles. The number of hydrogen-bond donors (Lipinski definition) is 2. The summed E-state index contributed by atoms with van der Waals surface area (Å²) in [4.78, 5) is 13.8. The number of anilines is 2. The molecular formula is C26H31N7.